The molecular weight excluding hydrogens is 306 g/mol. The molecule has 2 aliphatic rings. The van der Waals surface area contributed by atoms with Crippen molar-refractivity contribution in [2.24, 2.45) is 5.92 Å². The summed E-state index contributed by atoms with van der Waals surface area (Å²) in [6, 6.07) is 0.706. The van der Waals surface area contributed by atoms with Crippen molar-refractivity contribution in [3.05, 3.63) is 0 Å². The zero-order valence-corrected chi connectivity index (χ0v) is 14.9. The number of nitrogens with zero attached hydrogens (tertiary/aromatic N) is 1. The average Bonchev–Trinajstić information content (AvgIpc) is 3.19. The van der Waals surface area contributed by atoms with Crippen molar-refractivity contribution >= 4 is 27.5 Å². The molecule has 122 valence electrons. The van der Waals surface area contributed by atoms with E-state index < -0.39 is 9.84 Å². The molecule has 0 aromatic carbocycles. The molecule has 1 heterocycles. The van der Waals surface area contributed by atoms with Crippen molar-refractivity contribution in [3.63, 3.8) is 0 Å². The fourth-order valence-electron chi connectivity index (χ4n) is 2.89. The van der Waals surface area contributed by atoms with Gasteiger partial charge in [0.25, 0.3) is 0 Å². The summed E-state index contributed by atoms with van der Waals surface area (Å²) in [6.07, 6.45) is 4.01. The lowest BCUT2D eigenvalue weighted by molar-refractivity contribution is -0.132. The standard InChI is InChI=1S/C15H27NO3S2/c1-4-11(2)12(3)16(13-5-6-13)15(17)9-20-14-7-8-21(18,19)10-14/h11-14H,4-10H2,1-3H3/t11-,12+,14+/m0/s1. The van der Waals surface area contributed by atoms with Crippen LogP contribution in [0.1, 0.15) is 46.5 Å². The molecule has 0 aromatic heterocycles. The molecule has 6 heteroatoms. The van der Waals surface area contributed by atoms with Gasteiger partial charge in [-0.1, -0.05) is 20.3 Å². The van der Waals surface area contributed by atoms with Crippen molar-refractivity contribution in [1.29, 1.82) is 0 Å². The number of rotatable bonds is 7. The average molecular weight is 334 g/mol. The minimum absolute atomic E-state index is 0.110. The Morgan fingerprint density at radius 1 is 1.29 bits per heavy atom. The van der Waals surface area contributed by atoms with Gasteiger partial charge < -0.3 is 4.90 Å². The highest BCUT2D eigenvalue weighted by atomic mass is 32.2. The van der Waals surface area contributed by atoms with E-state index in [2.05, 4.69) is 25.7 Å². The van der Waals surface area contributed by atoms with Gasteiger partial charge in [0.05, 0.1) is 17.3 Å². The molecule has 0 N–H and O–H groups in total. The minimum atomic E-state index is -2.85. The summed E-state index contributed by atoms with van der Waals surface area (Å²) in [5, 5.41) is 0.110. The third kappa shape index (κ3) is 4.62. The van der Waals surface area contributed by atoms with Crippen LogP contribution in [0.25, 0.3) is 0 Å². The molecular formula is C15H27NO3S2. The van der Waals surface area contributed by atoms with Crippen LogP contribution < -0.4 is 0 Å². The normalized spacial score (nSPS) is 27.3. The molecule has 1 saturated carbocycles. The van der Waals surface area contributed by atoms with Crippen LogP contribution in [0, 0.1) is 5.92 Å². The maximum atomic E-state index is 12.6. The SMILES string of the molecule is CC[C@H](C)[C@@H](C)N(C(=O)CS[C@@H]1CCS(=O)(=O)C1)C1CC1. The Morgan fingerprint density at radius 2 is 1.95 bits per heavy atom. The molecule has 21 heavy (non-hydrogen) atoms. The van der Waals surface area contributed by atoms with E-state index in [4.69, 9.17) is 0 Å². The molecule has 1 aliphatic heterocycles. The third-order valence-corrected chi connectivity index (χ3v) is 8.03. The summed E-state index contributed by atoms with van der Waals surface area (Å²) < 4.78 is 22.9. The van der Waals surface area contributed by atoms with Gasteiger partial charge in [-0.3, -0.25) is 4.79 Å². The van der Waals surface area contributed by atoms with E-state index in [1.54, 1.807) is 0 Å². The van der Waals surface area contributed by atoms with Gasteiger partial charge in [0.15, 0.2) is 9.84 Å². The van der Waals surface area contributed by atoms with E-state index in [0.29, 0.717) is 24.1 Å². The van der Waals surface area contributed by atoms with Crippen LogP contribution in [0.5, 0.6) is 0 Å². The van der Waals surface area contributed by atoms with E-state index in [9.17, 15) is 13.2 Å². The molecule has 1 saturated heterocycles. The van der Waals surface area contributed by atoms with Gasteiger partial charge in [-0.05, 0) is 32.1 Å². The quantitative estimate of drug-likeness (QED) is 0.717. The van der Waals surface area contributed by atoms with Gasteiger partial charge in [-0.2, -0.15) is 0 Å². The maximum Gasteiger partial charge on any atom is 0.233 e. The van der Waals surface area contributed by atoms with Gasteiger partial charge in [0.2, 0.25) is 5.91 Å². The van der Waals surface area contributed by atoms with Crippen LogP contribution >= 0.6 is 11.8 Å². The molecule has 4 nitrogen and oxygen atoms in total. The maximum absolute atomic E-state index is 12.6. The Hall–Kier alpha value is -0.230. The number of hydrogen-bond donors (Lipinski definition) is 0. The minimum Gasteiger partial charge on any atom is -0.336 e. The van der Waals surface area contributed by atoms with E-state index in [1.165, 1.54) is 11.8 Å². The first-order chi connectivity index (χ1) is 9.84. The molecule has 0 aromatic rings. The highest BCUT2D eigenvalue weighted by Gasteiger charge is 2.37. The second-order valence-electron chi connectivity index (χ2n) is 6.49. The molecule has 0 spiro atoms. The van der Waals surface area contributed by atoms with Crippen LogP contribution in [-0.2, 0) is 14.6 Å². The first-order valence-corrected chi connectivity index (χ1v) is 10.8. The number of amides is 1. The summed E-state index contributed by atoms with van der Waals surface area (Å²) in [6.45, 7) is 6.51. The zero-order valence-electron chi connectivity index (χ0n) is 13.2. The predicted molar refractivity (Wildman–Crippen MR) is 88.3 cm³/mol. The highest BCUT2D eigenvalue weighted by Crippen LogP contribution is 2.33. The van der Waals surface area contributed by atoms with Gasteiger partial charge in [0, 0.05) is 17.3 Å². The lowest BCUT2D eigenvalue weighted by Crippen LogP contribution is -2.44. The Balaban J connectivity index is 1.88. The second-order valence-corrected chi connectivity index (χ2v) is 10.0. The van der Waals surface area contributed by atoms with Crippen LogP contribution in [0.2, 0.25) is 0 Å². The van der Waals surface area contributed by atoms with Crippen LogP contribution in [0.3, 0.4) is 0 Å². The monoisotopic (exact) mass is 333 g/mol. The van der Waals surface area contributed by atoms with E-state index in [-0.39, 0.29) is 28.7 Å². The van der Waals surface area contributed by atoms with E-state index in [0.717, 1.165) is 19.3 Å². The zero-order chi connectivity index (χ0) is 15.6. The van der Waals surface area contributed by atoms with Gasteiger partial charge >= 0.3 is 0 Å². The molecule has 0 bridgehead atoms. The number of carbonyl (C=O) groups excluding carboxylic acids is 1. The lowest BCUT2D eigenvalue weighted by Gasteiger charge is -2.33. The fourth-order valence-corrected chi connectivity index (χ4v) is 6.40. The Morgan fingerprint density at radius 3 is 2.43 bits per heavy atom. The van der Waals surface area contributed by atoms with E-state index in [1.807, 2.05) is 0 Å². The molecule has 1 amide bonds. The van der Waals surface area contributed by atoms with Crippen molar-refractivity contribution in [3.8, 4) is 0 Å². The third-order valence-electron chi connectivity index (χ3n) is 4.77. The first-order valence-electron chi connectivity index (χ1n) is 7.97. The predicted octanol–water partition coefficient (Wildman–Crippen LogP) is 2.33. The first kappa shape index (κ1) is 17.1. The topological polar surface area (TPSA) is 54.5 Å². The summed E-state index contributed by atoms with van der Waals surface area (Å²) >= 11 is 1.53. The summed E-state index contributed by atoms with van der Waals surface area (Å²) in [7, 11) is -2.85. The fraction of sp³-hybridized carbons (Fsp3) is 0.933. The Bertz CT molecular complexity index is 473. The van der Waals surface area contributed by atoms with Gasteiger partial charge in [0.1, 0.15) is 0 Å². The Labute approximate surface area is 133 Å². The number of sulfone groups is 1. The molecule has 2 rings (SSSR count). The summed E-state index contributed by atoms with van der Waals surface area (Å²) in [4.78, 5) is 14.6. The summed E-state index contributed by atoms with van der Waals surface area (Å²) in [5.41, 5.74) is 0. The van der Waals surface area contributed by atoms with Gasteiger partial charge in [-0.15, -0.1) is 11.8 Å². The molecule has 0 unspecified atom stereocenters. The Kier molecular flexibility index (Phi) is 5.63. The molecule has 2 fully saturated rings. The van der Waals surface area contributed by atoms with Crippen molar-refractivity contribution in [2.75, 3.05) is 17.3 Å². The van der Waals surface area contributed by atoms with Crippen LogP contribution in [-0.4, -0.2) is 53.8 Å². The second kappa shape index (κ2) is 6.90. The van der Waals surface area contributed by atoms with Crippen molar-refractivity contribution in [1.82, 2.24) is 4.90 Å². The molecule has 1 aliphatic carbocycles. The van der Waals surface area contributed by atoms with Gasteiger partial charge in [-0.25, -0.2) is 8.42 Å². The number of thioether (sulfide) groups is 1. The molecule has 3 atom stereocenters. The highest BCUT2D eigenvalue weighted by molar-refractivity contribution is 8.02. The van der Waals surface area contributed by atoms with Crippen LogP contribution in [0.15, 0.2) is 0 Å². The van der Waals surface area contributed by atoms with Crippen molar-refractivity contribution < 1.29 is 13.2 Å². The largest absolute Gasteiger partial charge is 0.336 e. The molecule has 0 radical (unpaired) electrons. The smallest absolute Gasteiger partial charge is 0.233 e. The lowest BCUT2D eigenvalue weighted by atomic mass is 9.99. The van der Waals surface area contributed by atoms with Crippen LogP contribution in [0.4, 0.5) is 0 Å². The van der Waals surface area contributed by atoms with E-state index >= 15 is 0 Å². The number of carbonyl (C=O) groups is 1. The van der Waals surface area contributed by atoms with Crippen molar-refractivity contribution in [2.45, 2.75) is 63.8 Å². The number of hydrogen-bond acceptors (Lipinski definition) is 4. The summed E-state index contributed by atoms with van der Waals surface area (Å²) in [5.74, 6) is 1.66.